The second-order valence-corrected chi connectivity index (χ2v) is 8.42. The van der Waals surface area contributed by atoms with Gasteiger partial charge in [0, 0.05) is 5.02 Å². The third-order valence-corrected chi connectivity index (χ3v) is 6.00. The summed E-state index contributed by atoms with van der Waals surface area (Å²) in [6, 6.07) is 22.4. The smallest absolute Gasteiger partial charge is 0.298 e. The Bertz CT molecular complexity index is 1160. The molecule has 2 amide bonds. The van der Waals surface area contributed by atoms with Crippen molar-refractivity contribution in [3.05, 3.63) is 99.4 Å². The standard InChI is InChI=1S/C25H20ClNO3S/c1-2-19-7-3-4-9-22(19)27-24(28)23(31-25(27)29)15-18-6-5-8-21(14-18)30-16-17-10-12-20(26)13-11-17/h3-15H,2,16H2,1H3/b23-15-. The molecule has 4 nitrogen and oxygen atoms in total. The van der Waals surface area contributed by atoms with E-state index in [1.54, 1.807) is 6.08 Å². The van der Waals surface area contributed by atoms with E-state index in [4.69, 9.17) is 16.3 Å². The minimum absolute atomic E-state index is 0.285. The van der Waals surface area contributed by atoms with Crippen molar-refractivity contribution in [2.24, 2.45) is 0 Å². The Kier molecular flexibility index (Phi) is 6.44. The lowest BCUT2D eigenvalue weighted by Crippen LogP contribution is -2.28. The van der Waals surface area contributed by atoms with Crippen molar-refractivity contribution in [2.75, 3.05) is 4.90 Å². The van der Waals surface area contributed by atoms with Crippen molar-refractivity contribution in [2.45, 2.75) is 20.0 Å². The van der Waals surface area contributed by atoms with Crippen LogP contribution in [-0.2, 0) is 17.8 Å². The molecule has 31 heavy (non-hydrogen) atoms. The Morgan fingerprint density at radius 1 is 1.00 bits per heavy atom. The predicted molar refractivity (Wildman–Crippen MR) is 126 cm³/mol. The monoisotopic (exact) mass is 449 g/mol. The molecule has 1 aliphatic rings. The quantitative estimate of drug-likeness (QED) is 0.392. The van der Waals surface area contributed by atoms with Crippen molar-refractivity contribution in [3.63, 3.8) is 0 Å². The van der Waals surface area contributed by atoms with Crippen LogP contribution in [0.15, 0.2) is 77.7 Å². The number of amides is 2. The van der Waals surface area contributed by atoms with Crippen LogP contribution >= 0.6 is 23.4 Å². The molecule has 0 unspecified atom stereocenters. The van der Waals surface area contributed by atoms with E-state index in [0.717, 1.165) is 34.9 Å². The molecule has 4 rings (SSSR count). The zero-order valence-corrected chi connectivity index (χ0v) is 18.5. The maximum atomic E-state index is 13.0. The molecule has 0 saturated carbocycles. The highest BCUT2D eigenvalue weighted by Gasteiger charge is 2.37. The Balaban J connectivity index is 1.52. The normalized spacial score (nSPS) is 15.0. The third-order valence-electron chi connectivity index (χ3n) is 4.88. The van der Waals surface area contributed by atoms with Crippen LogP contribution in [0.1, 0.15) is 23.6 Å². The molecule has 1 saturated heterocycles. The number of para-hydroxylation sites is 1. The molecule has 0 N–H and O–H groups in total. The molecule has 156 valence electrons. The van der Waals surface area contributed by atoms with Gasteiger partial charge in [-0.2, -0.15) is 0 Å². The Hall–Kier alpha value is -3.02. The minimum atomic E-state index is -0.302. The number of imide groups is 1. The molecule has 3 aromatic rings. The van der Waals surface area contributed by atoms with E-state index in [9.17, 15) is 9.59 Å². The molecule has 0 spiro atoms. The fourth-order valence-electron chi connectivity index (χ4n) is 3.30. The van der Waals surface area contributed by atoms with E-state index in [-0.39, 0.29) is 11.1 Å². The van der Waals surface area contributed by atoms with Gasteiger partial charge < -0.3 is 4.74 Å². The fourth-order valence-corrected chi connectivity index (χ4v) is 4.26. The number of nitrogens with zero attached hydrogens (tertiary/aromatic N) is 1. The molecule has 0 aliphatic carbocycles. The lowest BCUT2D eigenvalue weighted by Gasteiger charge is -2.16. The highest BCUT2D eigenvalue weighted by atomic mass is 35.5. The van der Waals surface area contributed by atoms with Gasteiger partial charge in [0.05, 0.1) is 10.6 Å². The van der Waals surface area contributed by atoms with Crippen molar-refractivity contribution >= 4 is 46.3 Å². The molecule has 1 aliphatic heterocycles. The van der Waals surface area contributed by atoms with E-state index in [1.807, 2.05) is 79.7 Å². The number of carbonyl (C=O) groups is 2. The van der Waals surface area contributed by atoms with Crippen molar-refractivity contribution in [1.29, 1.82) is 0 Å². The van der Waals surface area contributed by atoms with Crippen LogP contribution in [0, 0.1) is 0 Å². The molecule has 0 atom stereocenters. The van der Waals surface area contributed by atoms with E-state index in [0.29, 0.717) is 28.0 Å². The Morgan fingerprint density at radius 3 is 2.55 bits per heavy atom. The van der Waals surface area contributed by atoms with Crippen molar-refractivity contribution in [3.8, 4) is 5.75 Å². The molecular weight excluding hydrogens is 430 g/mol. The van der Waals surface area contributed by atoms with Gasteiger partial charge in [0.15, 0.2) is 0 Å². The van der Waals surface area contributed by atoms with Crippen LogP contribution in [-0.4, -0.2) is 11.1 Å². The van der Waals surface area contributed by atoms with Crippen LogP contribution in [0.4, 0.5) is 10.5 Å². The van der Waals surface area contributed by atoms with Gasteiger partial charge in [0.1, 0.15) is 12.4 Å². The summed E-state index contributed by atoms with van der Waals surface area (Å²) in [6.07, 6.45) is 2.47. The summed E-state index contributed by atoms with van der Waals surface area (Å²) in [7, 11) is 0. The highest BCUT2D eigenvalue weighted by Crippen LogP contribution is 2.37. The lowest BCUT2D eigenvalue weighted by atomic mass is 10.1. The van der Waals surface area contributed by atoms with E-state index in [1.165, 1.54) is 4.90 Å². The van der Waals surface area contributed by atoms with Gasteiger partial charge in [-0.3, -0.25) is 9.59 Å². The molecule has 0 aromatic heterocycles. The average molecular weight is 450 g/mol. The number of carbonyl (C=O) groups excluding carboxylic acids is 2. The fraction of sp³-hybridized carbons (Fsp3) is 0.120. The van der Waals surface area contributed by atoms with Crippen LogP contribution in [0.3, 0.4) is 0 Å². The topological polar surface area (TPSA) is 46.6 Å². The zero-order chi connectivity index (χ0) is 21.8. The van der Waals surface area contributed by atoms with Crippen LogP contribution in [0.5, 0.6) is 5.75 Å². The summed E-state index contributed by atoms with van der Waals surface area (Å²) >= 11 is 6.87. The predicted octanol–water partition coefficient (Wildman–Crippen LogP) is 6.72. The van der Waals surface area contributed by atoms with Gasteiger partial charge in [-0.15, -0.1) is 0 Å². The van der Waals surface area contributed by atoms with Crippen LogP contribution in [0.25, 0.3) is 6.08 Å². The van der Waals surface area contributed by atoms with E-state index >= 15 is 0 Å². The second kappa shape index (κ2) is 9.41. The van der Waals surface area contributed by atoms with Crippen LogP contribution in [0.2, 0.25) is 5.02 Å². The first-order chi connectivity index (χ1) is 15.0. The second-order valence-electron chi connectivity index (χ2n) is 6.99. The third kappa shape index (κ3) is 4.84. The summed E-state index contributed by atoms with van der Waals surface area (Å²) in [5.74, 6) is 0.377. The average Bonchev–Trinajstić information content (AvgIpc) is 3.06. The first-order valence-electron chi connectivity index (χ1n) is 9.88. The number of benzene rings is 3. The number of thioether (sulfide) groups is 1. The Morgan fingerprint density at radius 2 is 1.77 bits per heavy atom. The number of rotatable bonds is 6. The van der Waals surface area contributed by atoms with Crippen LogP contribution < -0.4 is 9.64 Å². The summed E-state index contributed by atoms with van der Waals surface area (Å²) < 4.78 is 5.86. The van der Waals surface area contributed by atoms with Crippen molar-refractivity contribution < 1.29 is 14.3 Å². The van der Waals surface area contributed by atoms with Gasteiger partial charge in [-0.1, -0.05) is 61.0 Å². The first kappa shape index (κ1) is 21.2. The first-order valence-corrected chi connectivity index (χ1v) is 11.1. The number of hydrogen-bond donors (Lipinski definition) is 0. The van der Waals surface area contributed by atoms with Gasteiger partial charge >= 0.3 is 0 Å². The van der Waals surface area contributed by atoms with E-state index in [2.05, 4.69) is 0 Å². The highest BCUT2D eigenvalue weighted by molar-refractivity contribution is 8.19. The summed E-state index contributed by atoms with van der Waals surface area (Å²) in [4.78, 5) is 27.2. The number of halogens is 1. The maximum Gasteiger partial charge on any atom is 0.298 e. The number of anilines is 1. The number of aryl methyl sites for hydroxylation is 1. The summed E-state index contributed by atoms with van der Waals surface area (Å²) in [6.45, 7) is 2.41. The minimum Gasteiger partial charge on any atom is -0.489 e. The van der Waals surface area contributed by atoms with E-state index < -0.39 is 0 Å². The largest absolute Gasteiger partial charge is 0.489 e. The van der Waals surface area contributed by atoms with Gasteiger partial charge in [0.25, 0.3) is 11.1 Å². The number of hydrogen-bond acceptors (Lipinski definition) is 4. The maximum absolute atomic E-state index is 13.0. The zero-order valence-electron chi connectivity index (χ0n) is 16.9. The molecule has 0 radical (unpaired) electrons. The molecule has 1 fully saturated rings. The SMILES string of the molecule is CCc1ccccc1N1C(=O)S/C(=C\c2cccc(OCc3ccc(Cl)cc3)c2)C1=O. The number of ether oxygens (including phenoxy) is 1. The molecule has 1 heterocycles. The van der Waals surface area contributed by atoms with Gasteiger partial charge in [0.2, 0.25) is 0 Å². The Labute approximate surface area is 190 Å². The molecule has 0 bridgehead atoms. The van der Waals surface area contributed by atoms with Gasteiger partial charge in [-0.25, -0.2) is 4.90 Å². The summed E-state index contributed by atoms with van der Waals surface area (Å²) in [5.41, 5.74) is 3.41. The summed E-state index contributed by atoms with van der Waals surface area (Å²) in [5, 5.41) is 0.397. The molecule has 3 aromatic carbocycles. The lowest BCUT2D eigenvalue weighted by molar-refractivity contribution is -0.113. The van der Waals surface area contributed by atoms with Gasteiger partial charge in [-0.05, 0) is 71.3 Å². The van der Waals surface area contributed by atoms with Crippen molar-refractivity contribution in [1.82, 2.24) is 0 Å². The molecule has 6 heteroatoms. The molecular formula is C25H20ClNO3S.